The van der Waals surface area contributed by atoms with Crippen LogP contribution in [0.1, 0.15) is 56.3 Å². The number of anilines is 1. The summed E-state index contributed by atoms with van der Waals surface area (Å²) in [6, 6.07) is 0. The number of rotatable bonds is 6. The van der Waals surface area contributed by atoms with Crippen LogP contribution in [-0.4, -0.2) is 22.1 Å². The number of nitrogens with one attached hydrogen (secondary N) is 2. The van der Waals surface area contributed by atoms with E-state index in [0.29, 0.717) is 25.0 Å². The van der Waals surface area contributed by atoms with Gasteiger partial charge >= 0.3 is 0 Å². The van der Waals surface area contributed by atoms with E-state index in [1.165, 1.54) is 19.3 Å². The van der Waals surface area contributed by atoms with Gasteiger partial charge in [-0.25, -0.2) is 4.98 Å². The summed E-state index contributed by atoms with van der Waals surface area (Å²) in [5.74, 6) is 1.34. The first-order valence-corrected chi connectivity index (χ1v) is 9.94. The van der Waals surface area contributed by atoms with Crippen molar-refractivity contribution in [1.82, 2.24) is 15.0 Å². The molecular formula is C19H26N4O3. The van der Waals surface area contributed by atoms with Crippen LogP contribution in [0, 0.1) is 17.3 Å². The van der Waals surface area contributed by atoms with Crippen LogP contribution >= 0.6 is 0 Å². The van der Waals surface area contributed by atoms with Gasteiger partial charge in [-0.15, -0.1) is 0 Å². The third-order valence-corrected chi connectivity index (χ3v) is 6.64. The maximum absolute atomic E-state index is 13.0. The number of hydrazine groups is 1. The van der Waals surface area contributed by atoms with Gasteiger partial charge in [-0.05, 0) is 50.4 Å². The lowest BCUT2D eigenvalue weighted by molar-refractivity contribution is -0.126. The van der Waals surface area contributed by atoms with Crippen molar-refractivity contribution in [3.8, 4) is 0 Å². The number of ether oxygens (including phenoxy) is 1. The van der Waals surface area contributed by atoms with Crippen molar-refractivity contribution in [2.45, 2.75) is 64.5 Å². The third kappa shape index (κ3) is 2.73. The Bertz CT molecular complexity index is 791. The van der Waals surface area contributed by atoms with E-state index in [2.05, 4.69) is 15.8 Å². The zero-order valence-electron chi connectivity index (χ0n) is 15.1. The average molecular weight is 358 g/mol. The molecule has 1 aromatic rings. The molecule has 1 aliphatic heterocycles. The molecule has 3 fully saturated rings. The molecule has 2 heterocycles. The van der Waals surface area contributed by atoms with Crippen LogP contribution in [0.25, 0.3) is 0 Å². The quantitative estimate of drug-likeness (QED) is 0.757. The topological polar surface area (TPSA) is 85.3 Å². The van der Waals surface area contributed by atoms with Gasteiger partial charge in [0.1, 0.15) is 0 Å². The summed E-state index contributed by atoms with van der Waals surface area (Å²) >= 11 is 0. The van der Waals surface area contributed by atoms with E-state index in [0.717, 1.165) is 50.0 Å². The molecule has 3 saturated carbocycles. The smallest absolute Gasteiger partial charge is 0.295 e. The van der Waals surface area contributed by atoms with Crippen molar-refractivity contribution >= 4 is 11.7 Å². The molecule has 7 nitrogen and oxygen atoms in total. The van der Waals surface area contributed by atoms with Crippen LogP contribution in [0.5, 0.6) is 0 Å². The van der Waals surface area contributed by atoms with Crippen molar-refractivity contribution in [3.63, 3.8) is 0 Å². The number of hydrogen-bond donors (Lipinski definition) is 2. The average Bonchev–Trinajstić information content (AvgIpc) is 3.49. The number of carbonyl (C=O) groups excluding carboxylic acids is 1. The first-order valence-electron chi connectivity index (χ1n) is 9.94. The van der Waals surface area contributed by atoms with E-state index in [-0.39, 0.29) is 22.7 Å². The predicted octanol–water partition coefficient (Wildman–Crippen LogP) is 1.75. The third-order valence-electron chi connectivity index (χ3n) is 6.64. The summed E-state index contributed by atoms with van der Waals surface area (Å²) in [5.41, 5.74) is 7.12. The molecule has 0 bridgehead atoms. The lowest BCUT2D eigenvalue weighted by Gasteiger charge is -2.29. The minimum atomic E-state index is -0.185. The summed E-state index contributed by atoms with van der Waals surface area (Å²) in [4.78, 5) is 30.0. The molecule has 0 spiro atoms. The molecule has 0 saturated heterocycles. The Hall–Kier alpha value is -1.89. The molecule has 5 rings (SSSR count). The van der Waals surface area contributed by atoms with Crippen LogP contribution < -0.4 is 16.4 Å². The first kappa shape index (κ1) is 16.3. The van der Waals surface area contributed by atoms with Gasteiger partial charge in [0, 0.05) is 18.7 Å². The van der Waals surface area contributed by atoms with E-state index in [4.69, 9.17) is 4.74 Å². The maximum atomic E-state index is 13.0. The highest BCUT2D eigenvalue weighted by molar-refractivity contribution is 5.86. The lowest BCUT2D eigenvalue weighted by Crippen LogP contribution is -2.41. The molecule has 1 amide bonds. The number of hydrogen-bond acceptors (Lipinski definition) is 5. The highest BCUT2D eigenvalue weighted by Crippen LogP contribution is 2.61. The second-order valence-electron chi connectivity index (χ2n) is 8.38. The second kappa shape index (κ2) is 6.08. The van der Waals surface area contributed by atoms with Gasteiger partial charge in [0.05, 0.1) is 24.3 Å². The van der Waals surface area contributed by atoms with Crippen molar-refractivity contribution in [2.24, 2.45) is 17.3 Å². The first-order chi connectivity index (χ1) is 12.7. The Morgan fingerprint density at radius 3 is 2.73 bits per heavy atom. The molecule has 2 N–H and O–H groups in total. The van der Waals surface area contributed by atoms with Gasteiger partial charge in [-0.1, -0.05) is 6.42 Å². The molecule has 4 aliphatic rings. The summed E-state index contributed by atoms with van der Waals surface area (Å²) in [6.45, 7) is 1.81. The SMILES string of the molecule is O=C(NNc1nc2c(n(CC3CCC3)c1=O)CCOC2)C1(C2CC2)CC1. The second-order valence-corrected chi connectivity index (χ2v) is 8.38. The van der Waals surface area contributed by atoms with Gasteiger partial charge < -0.3 is 9.30 Å². The van der Waals surface area contributed by atoms with Gasteiger partial charge in [0.15, 0.2) is 0 Å². The number of aromatic nitrogens is 2. The molecule has 7 heteroatoms. The Balaban J connectivity index is 1.38. The van der Waals surface area contributed by atoms with E-state index in [1.807, 2.05) is 4.57 Å². The fraction of sp³-hybridized carbons (Fsp3) is 0.737. The monoisotopic (exact) mass is 358 g/mol. The molecule has 0 unspecified atom stereocenters. The molecule has 3 aliphatic carbocycles. The van der Waals surface area contributed by atoms with Crippen molar-refractivity contribution in [3.05, 3.63) is 21.7 Å². The molecule has 0 radical (unpaired) electrons. The lowest BCUT2D eigenvalue weighted by atomic mass is 9.85. The van der Waals surface area contributed by atoms with Gasteiger partial charge in [0.2, 0.25) is 11.7 Å². The van der Waals surface area contributed by atoms with E-state index in [9.17, 15) is 9.59 Å². The minimum absolute atomic E-state index is 0.0145. The molecular weight excluding hydrogens is 332 g/mol. The van der Waals surface area contributed by atoms with Crippen molar-refractivity contribution < 1.29 is 9.53 Å². The Morgan fingerprint density at radius 2 is 2.08 bits per heavy atom. The highest BCUT2D eigenvalue weighted by Gasteiger charge is 2.59. The van der Waals surface area contributed by atoms with E-state index >= 15 is 0 Å². The normalized spacial score (nSPS) is 23.7. The Kier molecular flexibility index (Phi) is 3.81. The van der Waals surface area contributed by atoms with E-state index < -0.39 is 0 Å². The number of fused-ring (bicyclic) bond motifs is 1. The fourth-order valence-corrected chi connectivity index (χ4v) is 4.43. The zero-order chi connectivity index (χ0) is 17.7. The standard InChI is InChI=1S/C19H26N4O3/c24-17-16(21-22-18(25)19(7-8-19)13-4-5-13)20-14-11-26-9-6-15(14)23(17)10-12-2-1-3-12/h12-13H,1-11H2,(H,20,21)(H,22,25). The molecule has 0 atom stereocenters. The number of nitrogens with zero attached hydrogens (tertiary/aromatic N) is 2. The molecule has 140 valence electrons. The molecule has 26 heavy (non-hydrogen) atoms. The van der Waals surface area contributed by atoms with Crippen LogP contribution in [0.4, 0.5) is 5.82 Å². The van der Waals surface area contributed by atoms with Crippen LogP contribution in [0.3, 0.4) is 0 Å². The van der Waals surface area contributed by atoms with Gasteiger partial charge in [0.25, 0.3) is 5.56 Å². The summed E-state index contributed by atoms with van der Waals surface area (Å²) in [6.07, 6.45) is 8.56. The number of carbonyl (C=O) groups is 1. The summed E-state index contributed by atoms with van der Waals surface area (Å²) in [7, 11) is 0. The Labute approximate surface area is 152 Å². The number of amides is 1. The maximum Gasteiger partial charge on any atom is 0.295 e. The van der Waals surface area contributed by atoms with Crippen LogP contribution in [-0.2, 0) is 29.1 Å². The van der Waals surface area contributed by atoms with Gasteiger partial charge in [-0.2, -0.15) is 0 Å². The Morgan fingerprint density at radius 1 is 1.27 bits per heavy atom. The van der Waals surface area contributed by atoms with Crippen molar-refractivity contribution in [1.29, 1.82) is 0 Å². The minimum Gasteiger partial charge on any atom is -0.375 e. The van der Waals surface area contributed by atoms with Gasteiger partial charge in [-0.3, -0.25) is 20.4 Å². The molecule has 1 aromatic heterocycles. The summed E-state index contributed by atoms with van der Waals surface area (Å²) in [5, 5.41) is 0. The zero-order valence-corrected chi connectivity index (χ0v) is 15.1. The predicted molar refractivity (Wildman–Crippen MR) is 95.4 cm³/mol. The van der Waals surface area contributed by atoms with E-state index in [1.54, 1.807) is 0 Å². The van der Waals surface area contributed by atoms with Crippen molar-refractivity contribution in [2.75, 3.05) is 12.0 Å². The highest BCUT2D eigenvalue weighted by atomic mass is 16.5. The van der Waals surface area contributed by atoms with Crippen LogP contribution in [0.2, 0.25) is 0 Å². The van der Waals surface area contributed by atoms with Crippen LogP contribution in [0.15, 0.2) is 4.79 Å². The molecule has 0 aromatic carbocycles. The largest absolute Gasteiger partial charge is 0.375 e. The fourth-order valence-electron chi connectivity index (χ4n) is 4.43. The summed E-state index contributed by atoms with van der Waals surface area (Å²) < 4.78 is 7.40.